The summed E-state index contributed by atoms with van der Waals surface area (Å²) in [6.45, 7) is 6.46. The van der Waals surface area contributed by atoms with Crippen molar-refractivity contribution in [3.8, 4) is 5.75 Å². The van der Waals surface area contributed by atoms with Crippen molar-refractivity contribution in [2.24, 2.45) is 0 Å². The number of nitrogens with zero attached hydrogens (tertiary/aromatic N) is 2. The van der Waals surface area contributed by atoms with Crippen LogP contribution >= 0.6 is 15.9 Å². The number of amides is 1. The van der Waals surface area contributed by atoms with Crippen LogP contribution in [-0.2, 0) is 17.8 Å². The Bertz CT molecular complexity index is 802. The highest BCUT2D eigenvalue weighted by Crippen LogP contribution is 2.17. The highest BCUT2D eigenvalue weighted by atomic mass is 79.9. The van der Waals surface area contributed by atoms with Crippen molar-refractivity contribution in [3.63, 3.8) is 0 Å². The van der Waals surface area contributed by atoms with Crippen molar-refractivity contribution in [2.75, 3.05) is 33.4 Å². The SMILES string of the molecule is CCn1cc(Br)cc1C(=O)NCc1cccc(OCCN(C)C2CCOCC2)c1. The Morgan fingerprint density at radius 3 is 2.90 bits per heavy atom. The van der Waals surface area contributed by atoms with Crippen LogP contribution in [0, 0.1) is 0 Å². The van der Waals surface area contributed by atoms with Gasteiger partial charge in [-0.2, -0.15) is 0 Å². The monoisotopic (exact) mass is 463 g/mol. The number of likely N-dealkylation sites (N-methyl/N-ethyl adjacent to an activating group) is 1. The van der Waals surface area contributed by atoms with Crippen molar-refractivity contribution in [3.05, 3.63) is 52.3 Å². The van der Waals surface area contributed by atoms with Crippen LogP contribution < -0.4 is 10.1 Å². The van der Waals surface area contributed by atoms with Crippen LogP contribution in [-0.4, -0.2) is 54.8 Å². The molecule has 2 heterocycles. The van der Waals surface area contributed by atoms with E-state index in [9.17, 15) is 4.79 Å². The number of ether oxygens (including phenoxy) is 2. The van der Waals surface area contributed by atoms with E-state index in [1.54, 1.807) is 0 Å². The lowest BCUT2D eigenvalue weighted by Gasteiger charge is -2.31. The molecule has 6 nitrogen and oxygen atoms in total. The molecular weight excluding hydrogens is 434 g/mol. The number of aromatic nitrogens is 1. The van der Waals surface area contributed by atoms with Gasteiger partial charge in [-0.15, -0.1) is 0 Å². The molecule has 0 radical (unpaired) electrons. The largest absolute Gasteiger partial charge is 0.492 e. The summed E-state index contributed by atoms with van der Waals surface area (Å²) in [5.41, 5.74) is 1.67. The molecule has 3 rings (SSSR count). The molecule has 0 atom stereocenters. The maximum atomic E-state index is 12.5. The van der Waals surface area contributed by atoms with Gasteiger partial charge < -0.3 is 19.4 Å². The predicted molar refractivity (Wildman–Crippen MR) is 117 cm³/mol. The molecule has 29 heavy (non-hydrogen) atoms. The van der Waals surface area contributed by atoms with Gasteiger partial charge in [-0.1, -0.05) is 12.1 Å². The number of benzene rings is 1. The Morgan fingerprint density at radius 2 is 2.14 bits per heavy atom. The lowest BCUT2D eigenvalue weighted by molar-refractivity contribution is 0.0392. The minimum atomic E-state index is -0.0815. The summed E-state index contributed by atoms with van der Waals surface area (Å²) in [5.74, 6) is 0.749. The van der Waals surface area contributed by atoms with Gasteiger partial charge in [0.15, 0.2) is 0 Å². The molecule has 0 spiro atoms. The third kappa shape index (κ3) is 6.32. The van der Waals surface area contributed by atoms with Gasteiger partial charge in [0, 0.05) is 49.6 Å². The van der Waals surface area contributed by atoms with E-state index in [-0.39, 0.29) is 5.91 Å². The number of nitrogens with one attached hydrogen (secondary N) is 1. The molecule has 0 aliphatic carbocycles. The summed E-state index contributed by atoms with van der Waals surface area (Å²) >= 11 is 3.43. The van der Waals surface area contributed by atoms with Crippen LogP contribution in [0.25, 0.3) is 0 Å². The Labute approximate surface area is 181 Å². The fourth-order valence-corrected chi connectivity index (χ4v) is 4.02. The minimum Gasteiger partial charge on any atom is -0.492 e. The van der Waals surface area contributed by atoms with Gasteiger partial charge in [0.05, 0.1) is 0 Å². The number of carbonyl (C=O) groups excluding carboxylic acids is 1. The van der Waals surface area contributed by atoms with E-state index >= 15 is 0 Å². The van der Waals surface area contributed by atoms with Gasteiger partial charge in [0.1, 0.15) is 18.1 Å². The second kappa shape index (κ2) is 10.8. The van der Waals surface area contributed by atoms with Crippen LogP contribution in [0.4, 0.5) is 0 Å². The third-order valence-corrected chi connectivity index (χ3v) is 5.75. The van der Waals surface area contributed by atoms with Crippen LogP contribution in [0.3, 0.4) is 0 Å². The molecule has 1 aliphatic rings. The first kappa shape index (κ1) is 21.9. The standard InChI is InChI=1S/C22H30BrN3O3/c1-3-26-16-18(23)14-21(26)22(27)24-15-17-5-4-6-20(13-17)29-12-9-25(2)19-7-10-28-11-8-19/h4-6,13-14,16,19H,3,7-12,15H2,1-2H3,(H,24,27). The molecule has 1 N–H and O–H groups in total. The lowest BCUT2D eigenvalue weighted by Crippen LogP contribution is -2.38. The molecular formula is C22H30BrN3O3. The van der Waals surface area contributed by atoms with Gasteiger partial charge >= 0.3 is 0 Å². The Balaban J connectivity index is 1.47. The van der Waals surface area contributed by atoms with E-state index in [1.165, 1.54) is 0 Å². The van der Waals surface area contributed by atoms with Gasteiger partial charge in [-0.05, 0) is 66.5 Å². The predicted octanol–water partition coefficient (Wildman–Crippen LogP) is 3.69. The molecule has 1 amide bonds. The average Bonchev–Trinajstić information content (AvgIpc) is 3.14. The van der Waals surface area contributed by atoms with Crippen molar-refractivity contribution in [1.29, 1.82) is 0 Å². The molecule has 2 aromatic rings. The molecule has 0 saturated carbocycles. The van der Waals surface area contributed by atoms with Gasteiger partial charge in [-0.25, -0.2) is 0 Å². The zero-order chi connectivity index (χ0) is 20.6. The molecule has 158 valence electrons. The maximum absolute atomic E-state index is 12.5. The highest BCUT2D eigenvalue weighted by molar-refractivity contribution is 9.10. The lowest BCUT2D eigenvalue weighted by atomic mass is 10.1. The molecule has 0 unspecified atom stereocenters. The fourth-order valence-electron chi connectivity index (χ4n) is 3.56. The zero-order valence-corrected chi connectivity index (χ0v) is 18.8. The van der Waals surface area contributed by atoms with Crippen LogP contribution in [0.2, 0.25) is 0 Å². The maximum Gasteiger partial charge on any atom is 0.268 e. The quantitative estimate of drug-likeness (QED) is 0.615. The third-order valence-electron chi connectivity index (χ3n) is 5.31. The average molecular weight is 464 g/mol. The normalized spacial score (nSPS) is 14.9. The smallest absolute Gasteiger partial charge is 0.268 e. The Kier molecular flexibility index (Phi) is 8.15. The summed E-state index contributed by atoms with van der Waals surface area (Å²) < 4.78 is 14.2. The summed E-state index contributed by atoms with van der Waals surface area (Å²) in [6, 6.07) is 10.3. The number of carbonyl (C=O) groups is 1. The summed E-state index contributed by atoms with van der Waals surface area (Å²) in [4.78, 5) is 14.8. The minimum absolute atomic E-state index is 0.0815. The molecule has 1 fully saturated rings. The molecule has 7 heteroatoms. The van der Waals surface area contributed by atoms with Crippen molar-refractivity contribution in [2.45, 2.75) is 38.9 Å². The van der Waals surface area contributed by atoms with E-state index < -0.39 is 0 Å². The van der Waals surface area contributed by atoms with Crippen molar-refractivity contribution in [1.82, 2.24) is 14.8 Å². The Morgan fingerprint density at radius 1 is 1.34 bits per heavy atom. The van der Waals surface area contributed by atoms with E-state index in [0.717, 1.165) is 54.9 Å². The first-order valence-corrected chi connectivity index (χ1v) is 11.0. The first-order valence-electron chi connectivity index (χ1n) is 10.2. The fraction of sp³-hybridized carbons (Fsp3) is 0.500. The molecule has 1 aliphatic heterocycles. The van der Waals surface area contributed by atoms with Crippen molar-refractivity contribution >= 4 is 21.8 Å². The number of rotatable bonds is 9. The van der Waals surface area contributed by atoms with E-state index in [2.05, 4.69) is 33.2 Å². The van der Waals surface area contributed by atoms with Crippen molar-refractivity contribution < 1.29 is 14.3 Å². The van der Waals surface area contributed by atoms with Crippen LogP contribution in [0.1, 0.15) is 35.8 Å². The topological polar surface area (TPSA) is 55.7 Å². The van der Waals surface area contributed by atoms with Gasteiger partial charge in [0.25, 0.3) is 5.91 Å². The Hall–Kier alpha value is -1.83. The van der Waals surface area contributed by atoms with E-state index in [0.29, 0.717) is 24.9 Å². The van der Waals surface area contributed by atoms with Gasteiger partial charge in [-0.3, -0.25) is 9.69 Å². The second-order valence-electron chi connectivity index (χ2n) is 7.33. The van der Waals surface area contributed by atoms with E-state index in [4.69, 9.17) is 9.47 Å². The number of halogens is 1. The summed E-state index contributed by atoms with van der Waals surface area (Å²) in [6.07, 6.45) is 4.09. The molecule has 0 bridgehead atoms. The highest BCUT2D eigenvalue weighted by Gasteiger charge is 2.18. The number of hydrogen-bond acceptors (Lipinski definition) is 4. The first-order chi connectivity index (χ1) is 14.1. The zero-order valence-electron chi connectivity index (χ0n) is 17.2. The summed E-state index contributed by atoms with van der Waals surface area (Å²) in [7, 11) is 2.15. The molecule has 1 saturated heterocycles. The molecule has 1 aromatic carbocycles. The number of hydrogen-bond donors (Lipinski definition) is 1. The number of aryl methyl sites for hydroxylation is 1. The van der Waals surface area contributed by atoms with E-state index in [1.807, 2.05) is 48.0 Å². The molecule has 1 aromatic heterocycles. The summed E-state index contributed by atoms with van der Waals surface area (Å²) in [5, 5.41) is 2.99. The van der Waals surface area contributed by atoms with Crippen LogP contribution in [0.15, 0.2) is 41.0 Å². The van der Waals surface area contributed by atoms with Gasteiger partial charge in [0.2, 0.25) is 0 Å². The second-order valence-corrected chi connectivity index (χ2v) is 8.25. The van der Waals surface area contributed by atoms with Crippen LogP contribution in [0.5, 0.6) is 5.75 Å².